The molecule has 2 aromatic rings. The van der Waals surface area contributed by atoms with Crippen LogP contribution in [-0.4, -0.2) is 16.9 Å². The van der Waals surface area contributed by atoms with Crippen LogP contribution in [0.4, 0.5) is 0 Å². The van der Waals surface area contributed by atoms with Gasteiger partial charge in [0, 0.05) is 29.3 Å². The molecule has 28 heavy (non-hydrogen) atoms. The molecule has 1 amide bonds. The first kappa shape index (κ1) is 18.7. The Morgan fingerprint density at radius 1 is 1.00 bits per heavy atom. The van der Waals surface area contributed by atoms with E-state index in [1.54, 1.807) is 0 Å². The zero-order valence-electron chi connectivity index (χ0n) is 16.8. The standard InChI is InChI=1S/C24H28N2O2/c1-24(2,3)17-8-6-16(7-9-17)20(14-18-10-13-22(27)25-18)21-12-11-19(15-4-5-15)23(28)26-21/h6-9,11-12,14-15,18H,4-5,10,13H2,1-3H3,(H,25,27)(H,26,28)/b20-14-/t18-/m1/s1. The quantitative estimate of drug-likeness (QED) is 0.837. The van der Waals surface area contributed by atoms with Crippen LogP contribution in [0.3, 0.4) is 0 Å². The number of amides is 1. The van der Waals surface area contributed by atoms with Gasteiger partial charge < -0.3 is 10.3 Å². The van der Waals surface area contributed by atoms with Gasteiger partial charge in [-0.3, -0.25) is 9.59 Å². The highest BCUT2D eigenvalue weighted by Crippen LogP contribution is 2.38. The second kappa shape index (κ2) is 7.08. The largest absolute Gasteiger partial charge is 0.350 e. The van der Waals surface area contributed by atoms with Gasteiger partial charge in [0.25, 0.3) is 5.56 Å². The summed E-state index contributed by atoms with van der Waals surface area (Å²) in [5, 5.41) is 3.01. The number of carbonyl (C=O) groups excluding carboxylic acids is 1. The Kier molecular flexibility index (Phi) is 4.74. The van der Waals surface area contributed by atoms with E-state index in [0.717, 1.165) is 41.7 Å². The Morgan fingerprint density at radius 3 is 2.25 bits per heavy atom. The fraction of sp³-hybridized carbons (Fsp3) is 0.417. The molecule has 1 aromatic heterocycles. The smallest absolute Gasteiger partial charge is 0.251 e. The summed E-state index contributed by atoms with van der Waals surface area (Å²) in [5.41, 5.74) is 5.06. The molecule has 0 bridgehead atoms. The lowest BCUT2D eigenvalue weighted by Gasteiger charge is -2.20. The molecule has 1 saturated heterocycles. The van der Waals surface area contributed by atoms with E-state index in [1.165, 1.54) is 5.56 Å². The lowest BCUT2D eigenvalue weighted by molar-refractivity contribution is -0.119. The van der Waals surface area contributed by atoms with Crippen molar-refractivity contribution in [3.63, 3.8) is 0 Å². The third kappa shape index (κ3) is 3.96. The number of aromatic amines is 1. The van der Waals surface area contributed by atoms with Crippen molar-refractivity contribution in [2.45, 2.75) is 63.8 Å². The third-order valence-corrected chi connectivity index (χ3v) is 5.71. The van der Waals surface area contributed by atoms with E-state index in [0.29, 0.717) is 12.3 Å². The molecular formula is C24H28N2O2. The van der Waals surface area contributed by atoms with Gasteiger partial charge in [0.2, 0.25) is 5.91 Å². The number of benzene rings is 1. The molecule has 2 aliphatic rings. The van der Waals surface area contributed by atoms with Crippen molar-refractivity contribution in [3.05, 3.63) is 75.2 Å². The zero-order valence-corrected chi connectivity index (χ0v) is 16.8. The van der Waals surface area contributed by atoms with Gasteiger partial charge in [-0.15, -0.1) is 0 Å². The van der Waals surface area contributed by atoms with Crippen LogP contribution in [0.15, 0.2) is 47.3 Å². The second-order valence-corrected chi connectivity index (χ2v) is 9.05. The molecule has 2 heterocycles. The summed E-state index contributed by atoms with van der Waals surface area (Å²) in [6.45, 7) is 6.59. The number of carbonyl (C=O) groups is 1. The summed E-state index contributed by atoms with van der Waals surface area (Å²) in [5.74, 6) is 0.506. The van der Waals surface area contributed by atoms with Gasteiger partial charge in [0.05, 0.1) is 0 Å². The van der Waals surface area contributed by atoms with Crippen molar-refractivity contribution in [1.82, 2.24) is 10.3 Å². The highest BCUT2D eigenvalue weighted by atomic mass is 16.2. The molecule has 1 aromatic carbocycles. The Bertz CT molecular complexity index is 973. The summed E-state index contributed by atoms with van der Waals surface area (Å²) in [6.07, 6.45) is 5.63. The van der Waals surface area contributed by atoms with Crippen LogP contribution in [0.5, 0.6) is 0 Å². The molecule has 1 aliphatic carbocycles. The Morgan fingerprint density at radius 2 is 1.71 bits per heavy atom. The van der Waals surface area contributed by atoms with Gasteiger partial charge in [0.1, 0.15) is 0 Å². The van der Waals surface area contributed by atoms with Crippen LogP contribution in [0, 0.1) is 0 Å². The van der Waals surface area contributed by atoms with E-state index < -0.39 is 0 Å². The normalized spacial score (nSPS) is 20.3. The molecule has 1 atom stereocenters. The second-order valence-electron chi connectivity index (χ2n) is 9.05. The Balaban J connectivity index is 1.74. The molecular weight excluding hydrogens is 348 g/mol. The van der Waals surface area contributed by atoms with Gasteiger partial charge in [-0.05, 0) is 47.8 Å². The molecule has 4 rings (SSSR count). The van der Waals surface area contributed by atoms with E-state index in [4.69, 9.17) is 0 Å². The lowest BCUT2D eigenvalue weighted by atomic mass is 9.86. The van der Waals surface area contributed by atoms with E-state index in [1.807, 2.05) is 12.1 Å². The molecule has 0 unspecified atom stereocenters. The number of H-pyrrole nitrogens is 1. The minimum Gasteiger partial charge on any atom is -0.350 e. The fourth-order valence-corrected chi connectivity index (χ4v) is 3.81. The van der Waals surface area contributed by atoms with E-state index in [2.05, 4.69) is 61.4 Å². The maximum absolute atomic E-state index is 12.6. The molecule has 4 heteroatoms. The molecule has 0 radical (unpaired) electrons. The van der Waals surface area contributed by atoms with Gasteiger partial charge in [-0.1, -0.05) is 57.2 Å². The number of aromatic nitrogens is 1. The topological polar surface area (TPSA) is 62.0 Å². The first-order chi connectivity index (χ1) is 13.3. The number of pyridine rings is 1. The minimum absolute atomic E-state index is 0.00333. The summed E-state index contributed by atoms with van der Waals surface area (Å²) in [6, 6.07) is 12.5. The molecule has 146 valence electrons. The van der Waals surface area contributed by atoms with Crippen LogP contribution in [0.25, 0.3) is 5.57 Å². The molecule has 2 fully saturated rings. The number of hydrogen-bond donors (Lipinski definition) is 2. The Hall–Kier alpha value is -2.62. The fourth-order valence-electron chi connectivity index (χ4n) is 3.81. The van der Waals surface area contributed by atoms with Crippen LogP contribution in [-0.2, 0) is 10.2 Å². The van der Waals surface area contributed by atoms with Crippen LogP contribution in [0.1, 0.15) is 74.8 Å². The number of nitrogens with one attached hydrogen (secondary N) is 2. The minimum atomic E-state index is -0.00333. The van der Waals surface area contributed by atoms with Crippen molar-refractivity contribution in [2.75, 3.05) is 0 Å². The third-order valence-electron chi connectivity index (χ3n) is 5.71. The van der Waals surface area contributed by atoms with Gasteiger partial charge in [0.15, 0.2) is 0 Å². The van der Waals surface area contributed by atoms with E-state index >= 15 is 0 Å². The van der Waals surface area contributed by atoms with Crippen LogP contribution in [0.2, 0.25) is 0 Å². The summed E-state index contributed by atoms with van der Waals surface area (Å²) in [4.78, 5) is 27.3. The van der Waals surface area contributed by atoms with Crippen molar-refractivity contribution in [3.8, 4) is 0 Å². The molecule has 0 spiro atoms. The summed E-state index contributed by atoms with van der Waals surface area (Å²) in [7, 11) is 0. The molecule has 2 N–H and O–H groups in total. The predicted molar refractivity (Wildman–Crippen MR) is 112 cm³/mol. The van der Waals surface area contributed by atoms with Crippen molar-refractivity contribution in [2.24, 2.45) is 0 Å². The highest BCUT2D eigenvalue weighted by molar-refractivity contribution is 5.82. The predicted octanol–water partition coefficient (Wildman–Crippen LogP) is 4.26. The van der Waals surface area contributed by atoms with Crippen molar-refractivity contribution >= 4 is 11.5 Å². The van der Waals surface area contributed by atoms with Crippen LogP contribution < -0.4 is 10.9 Å². The monoisotopic (exact) mass is 376 g/mol. The first-order valence-electron chi connectivity index (χ1n) is 10.2. The molecule has 1 aliphatic heterocycles. The van der Waals surface area contributed by atoms with Gasteiger partial charge >= 0.3 is 0 Å². The van der Waals surface area contributed by atoms with E-state index in [9.17, 15) is 9.59 Å². The first-order valence-corrected chi connectivity index (χ1v) is 10.2. The molecule has 4 nitrogen and oxygen atoms in total. The average Bonchev–Trinajstić information content (AvgIpc) is 3.40. The van der Waals surface area contributed by atoms with Gasteiger partial charge in [-0.25, -0.2) is 0 Å². The average molecular weight is 377 g/mol. The lowest BCUT2D eigenvalue weighted by Crippen LogP contribution is -2.23. The number of rotatable bonds is 4. The maximum Gasteiger partial charge on any atom is 0.251 e. The van der Waals surface area contributed by atoms with Crippen molar-refractivity contribution in [1.29, 1.82) is 0 Å². The summed E-state index contributed by atoms with van der Waals surface area (Å²) >= 11 is 0. The SMILES string of the molecule is CC(C)(C)c1ccc(/C(=C/[C@H]2CCC(=O)N2)c2ccc(C3CC3)c(=O)[nH]2)cc1. The van der Waals surface area contributed by atoms with E-state index in [-0.39, 0.29) is 22.9 Å². The highest BCUT2D eigenvalue weighted by Gasteiger charge is 2.27. The molecule has 1 saturated carbocycles. The van der Waals surface area contributed by atoms with Crippen molar-refractivity contribution < 1.29 is 4.79 Å². The zero-order chi connectivity index (χ0) is 19.9. The summed E-state index contributed by atoms with van der Waals surface area (Å²) < 4.78 is 0. The maximum atomic E-state index is 12.6. The number of hydrogen-bond acceptors (Lipinski definition) is 2. The van der Waals surface area contributed by atoms with Crippen LogP contribution >= 0.6 is 0 Å². The Labute approximate surface area is 166 Å². The van der Waals surface area contributed by atoms with Gasteiger partial charge in [-0.2, -0.15) is 0 Å².